The van der Waals surface area contributed by atoms with Gasteiger partial charge in [0.2, 0.25) is 0 Å². The lowest BCUT2D eigenvalue weighted by atomic mass is 9.89. The molecule has 0 aromatic carbocycles. The van der Waals surface area contributed by atoms with E-state index in [1.165, 1.54) is 19.3 Å². The molecule has 0 N–H and O–H groups in total. The van der Waals surface area contributed by atoms with Gasteiger partial charge in [0, 0.05) is 24.9 Å². The summed E-state index contributed by atoms with van der Waals surface area (Å²) >= 11 is 2.01. The summed E-state index contributed by atoms with van der Waals surface area (Å²) in [6, 6.07) is 0.558. The summed E-state index contributed by atoms with van der Waals surface area (Å²) in [5.41, 5.74) is 0.117. The van der Waals surface area contributed by atoms with E-state index in [1.54, 1.807) is 0 Å². The van der Waals surface area contributed by atoms with Gasteiger partial charge in [-0.25, -0.2) is 0 Å². The van der Waals surface area contributed by atoms with E-state index >= 15 is 0 Å². The molecule has 2 fully saturated rings. The first kappa shape index (κ1) is 15.1. The maximum atomic E-state index is 11.3. The molecular weight excluding hydrogens is 262 g/mol. The lowest BCUT2D eigenvalue weighted by Gasteiger charge is -2.42. The lowest BCUT2D eigenvalue weighted by molar-refractivity contribution is -0.141. The number of hydrogen-bond acceptors (Lipinski definition) is 5. The number of hydrogen-bond donors (Lipinski definition) is 0. The molecule has 2 aliphatic rings. The predicted molar refractivity (Wildman–Crippen MR) is 77.5 cm³/mol. The van der Waals surface area contributed by atoms with Crippen molar-refractivity contribution < 1.29 is 14.3 Å². The van der Waals surface area contributed by atoms with Crippen LogP contribution < -0.4 is 0 Å². The number of carbonyl (C=O) groups is 1. The van der Waals surface area contributed by atoms with Crippen molar-refractivity contribution in [3.05, 3.63) is 0 Å². The van der Waals surface area contributed by atoms with Crippen molar-refractivity contribution in [2.24, 2.45) is 0 Å². The molecule has 4 nitrogen and oxygen atoms in total. The molecule has 0 aromatic rings. The molecule has 0 aliphatic carbocycles. The van der Waals surface area contributed by atoms with Gasteiger partial charge in [0.25, 0.3) is 0 Å². The van der Waals surface area contributed by atoms with Gasteiger partial charge in [-0.3, -0.25) is 9.69 Å². The second kappa shape index (κ2) is 6.95. The minimum Gasteiger partial charge on any atom is -0.469 e. The fraction of sp³-hybridized carbons (Fsp3) is 0.929. The van der Waals surface area contributed by atoms with Gasteiger partial charge in [0.15, 0.2) is 0 Å². The van der Waals surface area contributed by atoms with Crippen LogP contribution in [0.5, 0.6) is 0 Å². The summed E-state index contributed by atoms with van der Waals surface area (Å²) in [5.74, 6) is 2.25. The predicted octanol–water partition coefficient (Wildman–Crippen LogP) is 1.93. The van der Waals surface area contributed by atoms with Crippen LogP contribution in [0.1, 0.15) is 32.6 Å². The second-order valence-corrected chi connectivity index (χ2v) is 6.54. The number of ether oxygens (including phenoxy) is 2. The van der Waals surface area contributed by atoms with Crippen molar-refractivity contribution in [2.45, 2.75) is 44.2 Å². The average Bonchev–Trinajstić information content (AvgIpc) is 2.87. The van der Waals surface area contributed by atoms with Crippen molar-refractivity contribution in [3.8, 4) is 0 Å². The zero-order chi connectivity index (χ0) is 13.7. The Labute approximate surface area is 120 Å². The van der Waals surface area contributed by atoms with Crippen LogP contribution in [0.2, 0.25) is 0 Å². The number of methoxy groups -OCH3 is 1. The van der Waals surface area contributed by atoms with E-state index in [-0.39, 0.29) is 11.6 Å². The second-order valence-electron chi connectivity index (χ2n) is 5.44. The highest BCUT2D eigenvalue weighted by molar-refractivity contribution is 7.99. The quantitative estimate of drug-likeness (QED) is 0.722. The average molecular weight is 287 g/mol. The number of carbonyl (C=O) groups excluding carboxylic acids is 1. The third-order valence-corrected chi connectivity index (χ3v) is 5.51. The van der Waals surface area contributed by atoms with Crippen LogP contribution in [0.4, 0.5) is 0 Å². The highest BCUT2D eigenvalue weighted by atomic mass is 32.2. The SMILES string of the molecule is CCN(CCC(=O)OC)C1CCOC2(CCSC2)C1. The van der Waals surface area contributed by atoms with Crippen molar-refractivity contribution in [2.75, 3.05) is 38.3 Å². The highest BCUT2D eigenvalue weighted by Crippen LogP contribution is 2.39. The van der Waals surface area contributed by atoms with Gasteiger partial charge in [-0.1, -0.05) is 6.92 Å². The maximum absolute atomic E-state index is 11.3. The van der Waals surface area contributed by atoms with Crippen LogP contribution in [-0.4, -0.2) is 60.8 Å². The molecule has 0 saturated carbocycles. The summed E-state index contributed by atoms with van der Waals surface area (Å²) in [5, 5.41) is 0. The molecule has 0 amide bonds. The highest BCUT2D eigenvalue weighted by Gasteiger charge is 2.41. The summed E-state index contributed by atoms with van der Waals surface area (Å²) in [6.45, 7) is 4.82. The lowest BCUT2D eigenvalue weighted by Crippen LogP contribution is -2.49. The summed E-state index contributed by atoms with van der Waals surface area (Å²) in [7, 11) is 1.46. The fourth-order valence-corrected chi connectivity index (χ4v) is 4.49. The zero-order valence-electron chi connectivity index (χ0n) is 12.0. The monoisotopic (exact) mass is 287 g/mol. The zero-order valence-corrected chi connectivity index (χ0v) is 12.8. The van der Waals surface area contributed by atoms with Gasteiger partial charge in [-0.2, -0.15) is 11.8 Å². The van der Waals surface area contributed by atoms with Crippen molar-refractivity contribution >= 4 is 17.7 Å². The summed E-state index contributed by atoms with van der Waals surface area (Å²) in [6.07, 6.45) is 3.88. The van der Waals surface area contributed by atoms with E-state index in [0.29, 0.717) is 12.5 Å². The first-order valence-corrected chi connectivity index (χ1v) is 8.37. The van der Waals surface area contributed by atoms with E-state index in [9.17, 15) is 4.79 Å². The molecule has 1 spiro atoms. The van der Waals surface area contributed by atoms with E-state index in [4.69, 9.17) is 9.47 Å². The van der Waals surface area contributed by atoms with E-state index in [2.05, 4.69) is 11.8 Å². The molecule has 19 heavy (non-hydrogen) atoms. The third kappa shape index (κ3) is 3.86. The Morgan fingerprint density at radius 2 is 2.42 bits per heavy atom. The molecule has 0 bridgehead atoms. The minimum absolute atomic E-state index is 0.114. The van der Waals surface area contributed by atoms with E-state index in [1.807, 2.05) is 11.8 Å². The van der Waals surface area contributed by atoms with Gasteiger partial charge in [0.1, 0.15) is 0 Å². The first-order chi connectivity index (χ1) is 9.19. The Morgan fingerprint density at radius 3 is 3.05 bits per heavy atom. The smallest absolute Gasteiger partial charge is 0.306 e. The van der Waals surface area contributed by atoms with Crippen molar-refractivity contribution in [1.82, 2.24) is 4.90 Å². The normalized spacial score (nSPS) is 31.0. The van der Waals surface area contributed by atoms with Gasteiger partial charge in [-0.15, -0.1) is 0 Å². The Balaban J connectivity index is 1.88. The van der Waals surface area contributed by atoms with Crippen LogP contribution in [0.15, 0.2) is 0 Å². The topological polar surface area (TPSA) is 38.8 Å². The molecule has 110 valence electrons. The van der Waals surface area contributed by atoms with E-state index < -0.39 is 0 Å². The number of thioether (sulfide) groups is 1. The fourth-order valence-electron chi connectivity index (χ4n) is 3.11. The Morgan fingerprint density at radius 1 is 1.58 bits per heavy atom. The van der Waals surface area contributed by atoms with Gasteiger partial charge < -0.3 is 9.47 Å². The van der Waals surface area contributed by atoms with Crippen LogP contribution in [0.25, 0.3) is 0 Å². The van der Waals surface area contributed by atoms with E-state index in [0.717, 1.165) is 38.3 Å². The molecule has 2 unspecified atom stereocenters. The molecule has 0 aromatic heterocycles. The van der Waals surface area contributed by atoms with Crippen LogP contribution in [0, 0.1) is 0 Å². The first-order valence-electron chi connectivity index (χ1n) is 7.22. The van der Waals surface area contributed by atoms with Gasteiger partial charge in [-0.05, 0) is 31.6 Å². The van der Waals surface area contributed by atoms with Crippen LogP contribution in [-0.2, 0) is 14.3 Å². The number of nitrogens with zero attached hydrogens (tertiary/aromatic N) is 1. The summed E-state index contributed by atoms with van der Waals surface area (Å²) < 4.78 is 10.8. The van der Waals surface area contributed by atoms with Crippen LogP contribution >= 0.6 is 11.8 Å². The molecule has 2 saturated heterocycles. The van der Waals surface area contributed by atoms with Crippen molar-refractivity contribution in [3.63, 3.8) is 0 Å². The Bertz CT molecular complexity index is 305. The van der Waals surface area contributed by atoms with Gasteiger partial charge >= 0.3 is 5.97 Å². The van der Waals surface area contributed by atoms with Gasteiger partial charge in [0.05, 0.1) is 19.1 Å². The molecule has 2 atom stereocenters. The molecule has 0 radical (unpaired) electrons. The van der Waals surface area contributed by atoms with Crippen molar-refractivity contribution in [1.29, 1.82) is 0 Å². The standard InChI is InChI=1S/C14H25NO3S/c1-3-15(7-4-13(16)17-2)12-5-8-18-14(10-12)6-9-19-11-14/h12H,3-11H2,1-2H3. The molecule has 2 aliphatic heterocycles. The van der Waals surface area contributed by atoms with Crippen LogP contribution in [0.3, 0.4) is 0 Å². The maximum Gasteiger partial charge on any atom is 0.306 e. The number of esters is 1. The molecule has 5 heteroatoms. The largest absolute Gasteiger partial charge is 0.469 e. The number of rotatable bonds is 5. The summed E-state index contributed by atoms with van der Waals surface area (Å²) in [4.78, 5) is 13.7. The molecule has 2 rings (SSSR count). The molecular formula is C14H25NO3S. The third-order valence-electron chi connectivity index (χ3n) is 4.29. The Hall–Kier alpha value is -0.260. The minimum atomic E-state index is -0.114. The Kier molecular flexibility index (Phi) is 5.54. The molecule has 2 heterocycles.